The molecule has 0 bridgehead atoms. The third-order valence-electron chi connectivity index (χ3n) is 18.1. The minimum atomic E-state index is 0.607. The van der Waals surface area contributed by atoms with E-state index in [4.69, 9.17) is 23.8 Å². The number of furan rings is 2. The largest absolute Gasteiger partial charge is 0.457 e. The number of benzene rings is 8. The lowest BCUT2D eigenvalue weighted by molar-refractivity contribution is 0.674. The molecule has 11 aromatic rings. The molecular weight excluding hydrogens is 881 g/mol. The van der Waals surface area contributed by atoms with Gasteiger partial charge in [0.05, 0.1) is 0 Å². The van der Waals surface area contributed by atoms with Crippen LogP contribution in [0.2, 0.25) is 0 Å². The van der Waals surface area contributed by atoms with Gasteiger partial charge in [-0.25, -0.2) is 15.0 Å². The lowest BCUT2D eigenvalue weighted by Crippen LogP contribution is -2.56. The molecule has 74 heavy (non-hydrogen) atoms. The number of rotatable bonds is 6. The van der Waals surface area contributed by atoms with E-state index in [-0.39, 0.29) is 0 Å². The van der Waals surface area contributed by atoms with Crippen LogP contribution < -0.4 is 98.3 Å². The molecule has 11 rings (SSSR count). The number of aromatic nitrogens is 3. The molecule has 0 fully saturated rings. The molecule has 0 saturated heterocycles. The average molecular weight is 931 g/mol. The van der Waals surface area contributed by atoms with E-state index >= 15 is 0 Å². The molecule has 0 amide bonds. The van der Waals surface area contributed by atoms with Gasteiger partial charge in [-0.3, -0.25) is 0 Å². The van der Waals surface area contributed by atoms with E-state index in [1.54, 1.807) is 0 Å². The van der Waals surface area contributed by atoms with Crippen LogP contribution in [0.15, 0.2) is 87.7 Å². The Hall–Kier alpha value is -6.46. The van der Waals surface area contributed by atoms with Crippen molar-refractivity contribution in [2.24, 2.45) is 0 Å². The van der Waals surface area contributed by atoms with Gasteiger partial charge in [-0.15, -0.1) is 21.9 Å². The van der Waals surface area contributed by atoms with Crippen LogP contribution in [0, 0.1) is 0 Å². The van der Waals surface area contributed by atoms with Crippen LogP contribution in [-0.2, 0) is 0 Å². The van der Waals surface area contributed by atoms with Gasteiger partial charge in [0.15, 0.2) is 17.5 Å². The summed E-state index contributed by atoms with van der Waals surface area (Å²) in [5, 5.41) is 4.53. The summed E-state index contributed by atoms with van der Waals surface area (Å²) in [7, 11) is 40.3. The zero-order valence-electron chi connectivity index (χ0n) is 46.7. The van der Waals surface area contributed by atoms with Crippen molar-refractivity contribution in [3.05, 3.63) is 78.9 Å². The van der Waals surface area contributed by atoms with Crippen LogP contribution in [0.4, 0.5) is 0 Å². The Morgan fingerprint density at radius 3 is 1.12 bits per heavy atom. The fraction of sp³-hybridized carbons (Fsp3) is 0. The highest BCUT2D eigenvalue weighted by Gasteiger charge is 2.29. The number of hydrogen-bond donors (Lipinski definition) is 0. The van der Waals surface area contributed by atoms with E-state index in [2.05, 4.69) is 220 Å². The molecule has 0 spiro atoms. The van der Waals surface area contributed by atoms with E-state index < -0.39 is 0 Å². The zero-order valence-corrected chi connectivity index (χ0v) is 46.7. The van der Waals surface area contributed by atoms with Crippen molar-refractivity contribution in [2.45, 2.75) is 0 Å². The van der Waals surface area contributed by atoms with Crippen molar-refractivity contribution in [3.63, 3.8) is 0 Å². The van der Waals surface area contributed by atoms with E-state index in [1.807, 2.05) is 0 Å². The lowest BCUT2D eigenvalue weighted by atomic mass is 9.57. The summed E-state index contributed by atoms with van der Waals surface area (Å²) in [5.74, 6) is 1.84. The lowest BCUT2D eigenvalue weighted by Gasteiger charge is -2.24. The van der Waals surface area contributed by atoms with Crippen LogP contribution >= 0.6 is 0 Å². The Kier molecular flexibility index (Phi) is 12.2. The van der Waals surface area contributed by atoms with Crippen molar-refractivity contribution in [2.75, 3.05) is 0 Å². The predicted octanol–water partition coefficient (Wildman–Crippen LogP) is -17.7. The fourth-order valence-corrected chi connectivity index (χ4v) is 12.4. The first-order valence-corrected chi connectivity index (χ1v) is 26.2. The van der Waals surface area contributed by atoms with Crippen LogP contribution in [-0.4, -0.2) is 156 Å². The summed E-state index contributed by atoms with van der Waals surface area (Å²) >= 11 is 0. The molecule has 5 nitrogen and oxygen atoms in total. The van der Waals surface area contributed by atoms with Gasteiger partial charge in [0, 0.05) is 38.2 Å². The minimum absolute atomic E-state index is 0.607. The molecule has 0 radical (unpaired) electrons. The quantitative estimate of drug-likeness (QED) is 0.155. The molecular formula is C51H49B18N3O2. The third-order valence-corrected chi connectivity index (χ3v) is 18.1. The summed E-state index contributed by atoms with van der Waals surface area (Å²) in [5.41, 5.74) is 35.8. The molecule has 334 valence electrons. The second kappa shape index (κ2) is 18.1. The van der Waals surface area contributed by atoms with Gasteiger partial charge in [-0.1, -0.05) is 138 Å². The van der Waals surface area contributed by atoms with Crippen molar-refractivity contribution in [1.29, 1.82) is 0 Å². The molecule has 23 heteroatoms. The van der Waals surface area contributed by atoms with Gasteiger partial charge >= 0.3 is 0 Å². The maximum atomic E-state index is 7.30. The first kappa shape index (κ1) is 49.7. The first-order chi connectivity index (χ1) is 35.2. The van der Waals surface area contributed by atoms with Crippen molar-refractivity contribution in [1.82, 2.24) is 15.0 Å². The summed E-state index contributed by atoms with van der Waals surface area (Å²) in [6.07, 6.45) is 0. The first-order valence-electron chi connectivity index (χ1n) is 26.2. The fourth-order valence-electron chi connectivity index (χ4n) is 12.4. The molecule has 0 unspecified atom stereocenters. The zero-order chi connectivity index (χ0) is 52.7. The normalized spacial score (nSPS) is 11.7. The average Bonchev–Trinajstić information content (AvgIpc) is 4.03. The monoisotopic (exact) mass is 934 g/mol. The molecule has 3 aromatic heterocycles. The summed E-state index contributed by atoms with van der Waals surface area (Å²) in [4.78, 5) is 16.6. The van der Waals surface area contributed by atoms with Crippen molar-refractivity contribution >= 4 is 283 Å². The molecule has 0 saturated carbocycles. The van der Waals surface area contributed by atoms with E-state index in [0.717, 1.165) is 105 Å². The summed E-state index contributed by atoms with van der Waals surface area (Å²) in [6.45, 7) is 0. The Balaban J connectivity index is 1.18. The minimum Gasteiger partial charge on any atom is -0.457 e. The Morgan fingerprint density at radius 2 is 0.554 bits per heavy atom. The maximum Gasteiger partial charge on any atom is 0.164 e. The maximum absolute atomic E-state index is 7.30. The van der Waals surface area contributed by atoms with E-state index in [9.17, 15) is 0 Å². The summed E-state index contributed by atoms with van der Waals surface area (Å²) < 4.78 is 14.3. The highest BCUT2D eigenvalue weighted by atomic mass is 16.3. The molecule has 0 aliphatic carbocycles. The van der Waals surface area contributed by atoms with E-state index in [1.165, 1.54) is 87.7 Å². The summed E-state index contributed by atoms with van der Waals surface area (Å²) in [6, 6.07) is 28.0. The van der Waals surface area contributed by atoms with Gasteiger partial charge in [-0.05, 0) is 50.4 Å². The van der Waals surface area contributed by atoms with Gasteiger partial charge in [-0.2, -0.15) is 0 Å². The van der Waals surface area contributed by atoms with Crippen LogP contribution in [0.1, 0.15) is 0 Å². The standard InChI is InChI=1S/C51H49B18N3O2/c52-27-21(20-28(53)37(62)41(66)38(63)29(20)54)35(60)46-23(30(27)55)24-31(56)34(59)26(36(61)47(24)74-46)51-71-49(16-11-9-15(10-12-16)18-8-4-7-17(13-18)14-5-2-1-3-6-14)70-50(72-51)25-19-22-32(57)39(64)42(67)44(69)48(22)73-45(19)43(68)40(65)33(25)58/h1-13H,52-69H2. The molecule has 0 aliphatic rings. The van der Waals surface area contributed by atoms with Crippen LogP contribution in [0.5, 0.6) is 0 Å². The Labute approximate surface area is 450 Å². The number of nitrogens with zero attached hydrogens (tertiary/aromatic N) is 3. The van der Waals surface area contributed by atoms with Crippen LogP contribution in [0.25, 0.3) is 111 Å². The van der Waals surface area contributed by atoms with Crippen molar-refractivity contribution < 1.29 is 8.83 Å². The van der Waals surface area contributed by atoms with Gasteiger partial charge < -0.3 is 8.83 Å². The van der Waals surface area contributed by atoms with Gasteiger partial charge in [0.1, 0.15) is 164 Å². The van der Waals surface area contributed by atoms with Crippen molar-refractivity contribution in [3.8, 4) is 67.5 Å². The second-order valence-electron chi connectivity index (χ2n) is 21.6. The smallest absolute Gasteiger partial charge is 0.164 e. The van der Waals surface area contributed by atoms with E-state index in [0.29, 0.717) is 17.5 Å². The molecule has 0 N–H and O–H groups in total. The second-order valence-corrected chi connectivity index (χ2v) is 21.6. The Morgan fingerprint density at radius 1 is 0.230 bits per heavy atom. The number of fused-ring (bicyclic) bond motifs is 6. The molecule has 8 aromatic carbocycles. The Bertz CT molecular complexity index is 4260. The SMILES string of the molecule is Bc1c(B)c(B)c(-c2c(B)c(B)c3c(oc4c(B)c(-c5nc(-c6ccc(-c7cccc(-c8ccccc8)c7)cc6)nc(-c6c(B)c(B)c(B)c7oc8c(B)c(B)c(B)c(B)c8c67)n5)c(B)c(B)c43)c2B)c(B)c1B. The third kappa shape index (κ3) is 7.29. The topological polar surface area (TPSA) is 65.0 Å². The molecule has 3 heterocycles. The highest BCUT2D eigenvalue weighted by Crippen LogP contribution is 2.35. The highest BCUT2D eigenvalue weighted by molar-refractivity contribution is 6.72. The number of hydrogen-bond acceptors (Lipinski definition) is 5. The molecule has 0 aliphatic heterocycles. The predicted molar refractivity (Wildman–Crippen MR) is 374 cm³/mol. The molecule has 0 atom stereocenters. The van der Waals surface area contributed by atoms with Gasteiger partial charge in [0.25, 0.3) is 0 Å². The van der Waals surface area contributed by atoms with Crippen LogP contribution in [0.3, 0.4) is 0 Å². The van der Waals surface area contributed by atoms with Gasteiger partial charge in [0.2, 0.25) is 0 Å².